The number of primary amides is 1. The van der Waals surface area contributed by atoms with E-state index in [0.717, 1.165) is 24.0 Å². The summed E-state index contributed by atoms with van der Waals surface area (Å²) >= 11 is 0. The SMILES string of the molecule is CCCCC(CN(C(=O)c1ccccc1)C(CCc1ccccc1)C(=O)NC(C)(C)C)(C(N)=O)c1ccccc1. The highest BCUT2D eigenvalue weighted by Crippen LogP contribution is 2.33. The number of hydrogen-bond acceptors (Lipinski definition) is 3. The first kappa shape index (κ1) is 30.6. The molecule has 3 aromatic carbocycles. The number of amides is 3. The molecule has 0 aliphatic rings. The molecule has 0 aliphatic carbocycles. The number of carbonyl (C=O) groups excluding carboxylic acids is 3. The maximum Gasteiger partial charge on any atom is 0.254 e. The van der Waals surface area contributed by atoms with Gasteiger partial charge in [-0.3, -0.25) is 14.4 Å². The Morgan fingerprint density at radius 2 is 1.40 bits per heavy atom. The average Bonchev–Trinajstić information content (AvgIpc) is 2.94. The Hall–Kier alpha value is -3.93. The van der Waals surface area contributed by atoms with Crippen molar-refractivity contribution in [2.45, 2.75) is 76.8 Å². The maximum atomic E-state index is 14.3. The minimum atomic E-state index is -1.16. The third-order valence-electron chi connectivity index (χ3n) is 7.20. The van der Waals surface area contributed by atoms with Crippen LogP contribution in [0.15, 0.2) is 91.0 Å². The van der Waals surface area contributed by atoms with E-state index in [1.165, 1.54) is 0 Å². The molecule has 2 unspecified atom stereocenters. The molecule has 0 heterocycles. The van der Waals surface area contributed by atoms with E-state index >= 15 is 0 Å². The second kappa shape index (κ2) is 13.9. The lowest BCUT2D eigenvalue weighted by Crippen LogP contribution is -2.59. The Labute approximate surface area is 239 Å². The van der Waals surface area contributed by atoms with Crippen molar-refractivity contribution >= 4 is 17.7 Å². The van der Waals surface area contributed by atoms with Gasteiger partial charge in [0, 0.05) is 17.6 Å². The first-order chi connectivity index (χ1) is 19.1. The molecule has 0 radical (unpaired) electrons. The molecule has 212 valence electrons. The van der Waals surface area contributed by atoms with E-state index in [-0.39, 0.29) is 18.4 Å². The van der Waals surface area contributed by atoms with Crippen molar-refractivity contribution in [2.24, 2.45) is 5.73 Å². The molecule has 0 spiro atoms. The van der Waals surface area contributed by atoms with Gasteiger partial charge >= 0.3 is 0 Å². The summed E-state index contributed by atoms with van der Waals surface area (Å²) in [6, 6.07) is 27.4. The second-order valence-electron chi connectivity index (χ2n) is 11.5. The number of hydrogen-bond donors (Lipinski definition) is 2. The predicted molar refractivity (Wildman–Crippen MR) is 161 cm³/mol. The Kier molecular flexibility index (Phi) is 10.7. The van der Waals surface area contributed by atoms with Gasteiger partial charge in [-0.2, -0.15) is 0 Å². The van der Waals surface area contributed by atoms with Crippen LogP contribution in [0.2, 0.25) is 0 Å². The molecular formula is C34H43N3O3. The van der Waals surface area contributed by atoms with Gasteiger partial charge < -0.3 is 16.0 Å². The Morgan fingerprint density at radius 1 is 0.850 bits per heavy atom. The van der Waals surface area contributed by atoms with Crippen LogP contribution in [-0.4, -0.2) is 40.7 Å². The van der Waals surface area contributed by atoms with Crippen molar-refractivity contribution < 1.29 is 14.4 Å². The topological polar surface area (TPSA) is 92.5 Å². The van der Waals surface area contributed by atoms with Gasteiger partial charge in [0.1, 0.15) is 6.04 Å². The average molecular weight is 542 g/mol. The van der Waals surface area contributed by atoms with Crippen LogP contribution < -0.4 is 11.1 Å². The number of unbranched alkanes of at least 4 members (excludes halogenated alkanes) is 1. The van der Waals surface area contributed by atoms with Crippen LogP contribution in [0.3, 0.4) is 0 Å². The molecule has 3 aromatic rings. The van der Waals surface area contributed by atoms with E-state index in [1.54, 1.807) is 29.2 Å². The van der Waals surface area contributed by atoms with E-state index in [9.17, 15) is 14.4 Å². The third kappa shape index (κ3) is 8.04. The van der Waals surface area contributed by atoms with Gasteiger partial charge in [-0.05, 0) is 63.3 Å². The van der Waals surface area contributed by atoms with Gasteiger partial charge in [-0.25, -0.2) is 0 Å². The van der Waals surface area contributed by atoms with Crippen LogP contribution in [0.4, 0.5) is 0 Å². The molecule has 3 amide bonds. The van der Waals surface area contributed by atoms with Gasteiger partial charge in [0.25, 0.3) is 5.91 Å². The third-order valence-corrected chi connectivity index (χ3v) is 7.20. The zero-order chi connectivity index (χ0) is 29.2. The number of rotatable bonds is 13. The molecule has 0 aliphatic heterocycles. The number of nitrogens with zero attached hydrogens (tertiary/aromatic N) is 1. The fourth-order valence-corrected chi connectivity index (χ4v) is 5.08. The van der Waals surface area contributed by atoms with Crippen LogP contribution in [0.25, 0.3) is 0 Å². The van der Waals surface area contributed by atoms with Crippen molar-refractivity contribution in [3.05, 3.63) is 108 Å². The van der Waals surface area contributed by atoms with Gasteiger partial charge in [0.2, 0.25) is 11.8 Å². The van der Waals surface area contributed by atoms with Gasteiger partial charge in [0.05, 0.1) is 5.41 Å². The van der Waals surface area contributed by atoms with Gasteiger partial charge in [0.15, 0.2) is 0 Å². The molecule has 3 rings (SSSR count). The van der Waals surface area contributed by atoms with E-state index in [2.05, 4.69) is 12.2 Å². The second-order valence-corrected chi connectivity index (χ2v) is 11.5. The van der Waals surface area contributed by atoms with Crippen molar-refractivity contribution in [3.8, 4) is 0 Å². The molecule has 0 fully saturated rings. The molecule has 6 heteroatoms. The highest BCUT2D eigenvalue weighted by Gasteiger charge is 2.44. The van der Waals surface area contributed by atoms with E-state index in [1.807, 2.05) is 87.5 Å². The molecule has 0 saturated heterocycles. The molecule has 0 aromatic heterocycles. The highest BCUT2D eigenvalue weighted by atomic mass is 16.2. The smallest absolute Gasteiger partial charge is 0.254 e. The normalized spacial score (nSPS) is 13.6. The zero-order valence-electron chi connectivity index (χ0n) is 24.2. The largest absolute Gasteiger partial charge is 0.369 e. The van der Waals surface area contributed by atoms with E-state index < -0.39 is 22.9 Å². The quantitative estimate of drug-likeness (QED) is 0.293. The predicted octanol–water partition coefficient (Wildman–Crippen LogP) is 5.66. The summed E-state index contributed by atoms with van der Waals surface area (Å²) in [5.74, 6) is -1.06. The fourth-order valence-electron chi connectivity index (χ4n) is 5.08. The summed E-state index contributed by atoms with van der Waals surface area (Å²) in [6.07, 6.45) is 3.05. The summed E-state index contributed by atoms with van der Waals surface area (Å²) in [6.45, 7) is 7.81. The fraction of sp³-hybridized carbons (Fsp3) is 0.382. The molecular weight excluding hydrogens is 498 g/mol. The van der Waals surface area contributed by atoms with E-state index in [0.29, 0.717) is 24.8 Å². The Bertz CT molecular complexity index is 1240. The lowest BCUT2D eigenvalue weighted by atomic mass is 9.74. The molecule has 2 atom stereocenters. The maximum absolute atomic E-state index is 14.3. The summed E-state index contributed by atoms with van der Waals surface area (Å²) in [5.41, 5.74) is 6.81. The van der Waals surface area contributed by atoms with Crippen molar-refractivity contribution in [1.29, 1.82) is 0 Å². The first-order valence-corrected chi connectivity index (χ1v) is 14.1. The highest BCUT2D eigenvalue weighted by molar-refractivity contribution is 5.98. The van der Waals surface area contributed by atoms with Crippen molar-refractivity contribution in [2.75, 3.05) is 6.54 Å². The lowest BCUT2D eigenvalue weighted by molar-refractivity contribution is -0.130. The van der Waals surface area contributed by atoms with Crippen LogP contribution >= 0.6 is 0 Å². The van der Waals surface area contributed by atoms with Crippen LogP contribution in [0.1, 0.15) is 74.9 Å². The molecule has 40 heavy (non-hydrogen) atoms. The van der Waals surface area contributed by atoms with Crippen LogP contribution in [0.5, 0.6) is 0 Å². The zero-order valence-corrected chi connectivity index (χ0v) is 24.2. The number of nitrogens with one attached hydrogen (secondary N) is 1. The minimum absolute atomic E-state index is 0.00288. The number of benzene rings is 3. The van der Waals surface area contributed by atoms with Crippen LogP contribution in [-0.2, 0) is 21.4 Å². The monoisotopic (exact) mass is 541 g/mol. The van der Waals surface area contributed by atoms with Gasteiger partial charge in [-0.15, -0.1) is 0 Å². The van der Waals surface area contributed by atoms with E-state index in [4.69, 9.17) is 5.73 Å². The lowest BCUT2D eigenvalue weighted by Gasteiger charge is -2.40. The van der Waals surface area contributed by atoms with Gasteiger partial charge in [-0.1, -0.05) is 98.6 Å². The number of aryl methyl sites for hydroxylation is 1. The minimum Gasteiger partial charge on any atom is -0.369 e. The number of carbonyl (C=O) groups is 3. The summed E-state index contributed by atoms with van der Waals surface area (Å²) in [5, 5.41) is 3.09. The van der Waals surface area contributed by atoms with Crippen molar-refractivity contribution in [1.82, 2.24) is 10.2 Å². The summed E-state index contributed by atoms with van der Waals surface area (Å²) < 4.78 is 0. The van der Waals surface area contributed by atoms with Crippen molar-refractivity contribution in [3.63, 3.8) is 0 Å². The first-order valence-electron chi connectivity index (χ1n) is 14.1. The summed E-state index contributed by atoms with van der Waals surface area (Å²) in [4.78, 5) is 43.2. The molecule has 0 bridgehead atoms. The van der Waals surface area contributed by atoms with Crippen LogP contribution in [0, 0.1) is 0 Å². The summed E-state index contributed by atoms with van der Waals surface area (Å²) in [7, 11) is 0. The standard InChI is InChI=1S/C34H43N3O3/c1-5-6-24-34(32(35)40,28-20-14-9-15-21-28)25-37(31(39)27-18-12-8-13-19-27)29(30(38)36-33(2,3)4)23-22-26-16-10-7-11-17-26/h7-21,29H,5-6,22-25H2,1-4H3,(H2,35,40)(H,36,38). The molecule has 0 saturated carbocycles. The Balaban J connectivity index is 2.16. The molecule has 3 N–H and O–H groups in total. The Morgan fingerprint density at radius 3 is 1.93 bits per heavy atom. The number of nitrogens with two attached hydrogens (primary N) is 1. The molecule has 6 nitrogen and oxygen atoms in total.